The zero-order chi connectivity index (χ0) is 34.7. The molecule has 0 aromatic heterocycles. The first-order chi connectivity index (χ1) is 23.7. The van der Waals surface area contributed by atoms with Gasteiger partial charge in [0.25, 0.3) is 0 Å². The van der Waals surface area contributed by atoms with Gasteiger partial charge in [0.05, 0.1) is 19.6 Å². The molecule has 0 bridgehead atoms. The minimum atomic E-state index is -0.110. The number of alkyl halides is 2. The van der Waals surface area contributed by atoms with E-state index < -0.39 is 0 Å². The van der Waals surface area contributed by atoms with Crippen molar-refractivity contribution in [1.82, 2.24) is 0 Å². The SMILES string of the molecule is BrB(Br)Br.COc1cccc2c1C13c4c(cccc4OC)C[C@H]1C[C@H]3C2.ClCCl.Oc1cccc2c1C13c4c(O)cccc4C[C@H]1C[C@H]3C2. The fraction of sp³-hybridized carbons (Fsp3) is 0.385. The van der Waals surface area contributed by atoms with E-state index in [1.807, 2.05) is 12.1 Å². The van der Waals surface area contributed by atoms with Crippen LogP contribution in [0.5, 0.6) is 23.0 Å². The van der Waals surface area contributed by atoms with Gasteiger partial charge in [0.1, 0.15) is 23.0 Å². The summed E-state index contributed by atoms with van der Waals surface area (Å²) in [7, 11) is 3.59. The Morgan fingerprint density at radius 2 is 0.878 bits per heavy atom. The Morgan fingerprint density at radius 3 is 1.20 bits per heavy atom. The van der Waals surface area contributed by atoms with Crippen molar-refractivity contribution >= 4 is 73.7 Å². The molecule has 4 aromatic carbocycles. The number of benzene rings is 4. The van der Waals surface area contributed by atoms with Crippen molar-refractivity contribution in [3.05, 3.63) is 117 Å². The van der Waals surface area contributed by atoms with Crippen LogP contribution in [0.4, 0.5) is 0 Å². The number of hydrogen-bond donors (Lipinski definition) is 2. The molecule has 0 aliphatic heterocycles. The first-order valence-electron chi connectivity index (χ1n) is 16.7. The average molecular weight is 892 g/mol. The summed E-state index contributed by atoms with van der Waals surface area (Å²) in [4.78, 5) is 0. The van der Waals surface area contributed by atoms with E-state index in [2.05, 4.69) is 95.8 Å². The standard InChI is InChI=1S/C20H20O2.C18H16O2.CH2Cl2.BBr3/c1-21-16-7-3-5-12-9-14-11-15-10-13-6-4-8-17(22-2)19(13)20(14,15)18(12)16;19-14-5-1-3-10-7-12-9-13-8-11-4-2-6-15(20)17(11)18(12,13)16(10)14;2-1-3;2-1(3)4/h3-8,14-15H,9-11H2,1-2H3;1-6,12-13,19-20H,7-9H2;1H2;/t14-,15+,20?;12-,13+,18?;;. The second-order valence-electron chi connectivity index (χ2n) is 13.8. The lowest BCUT2D eigenvalue weighted by molar-refractivity contribution is 0.0936. The van der Waals surface area contributed by atoms with Crippen LogP contribution in [0.2, 0.25) is 0 Å². The maximum Gasteiger partial charge on any atom is 0.369 e. The van der Waals surface area contributed by atoms with Crippen molar-refractivity contribution in [2.75, 3.05) is 19.6 Å². The second kappa shape index (κ2) is 13.9. The Balaban J connectivity index is 0.000000131. The quantitative estimate of drug-likeness (QED) is 0.156. The molecule has 256 valence electrons. The number of hydrogen-bond acceptors (Lipinski definition) is 4. The molecular weight excluding hydrogens is 854 g/mol. The third-order valence-electron chi connectivity index (χ3n) is 12.2. The number of halogens is 5. The molecule has 2 N–H and O–H groups in total. The first kappa shape index (κ1) is 35.6. The summed E-state index contributed by atoms with van der Waals surface area (Å²) in [5, 5.41) is 21.1. The maximum absolute atomic E-state index is 10.4. The summed E-state index contributed by atoms with van der Waals surface area (Å²) < 4.78 is 11.8. The fourth-order valence-electron chi connectivity index (χ4n) is 10.9. The smallest absolute Gasteiger partial charge is 0.369 e. The monoisotopic (exact) mass is 888 g/mol. The largest absolute Gasteiger partial charge is 0.508 e. The molecule has 4 aromatic rings. The lowest BCUT2D eigenvalue weighted by Crippen LogP contribution is -2.48. The topological polar surface area (TPSA) is 58.9 Å². The number of methoxy groups -OCH3 is 2. The summed E-state index contributed by atoms with van der Waals surface area (Å²) in [5.74, 6) is 5.45. The van der Waals surface area contributed by atoms with Crippen molar-refractivity contribution in [2.24, 2.45) is 23.7 Å². The Bertz CT molecular complexity index is 1760. The van der Waals surface area contributed by atoms with Gasteiger partial charge < -0.3 is 19.7 Å². The molecule has 6 aliphatic carbocycles. The van der Waals surface area contributed by atoms with Gasteiger partial charge in [-0.25, -0.2) is 0 Å². The molecule has 0 heterocycles. The van der Waals surface area contributed by atoms with Crippen LogP contribution in [0, 0.1) is 23.7 Å². The van der Waals surface area contributed by atoms with Crippen LogP contribution in [0.25, 0.3) is 0 Å². The van der Waals surface area contributed by atoms with Crippen molar-refractivity contribution in [3.63, 3.8) is 0 Å². The third-order valence-corrected chi connectivity index (χ3v) is 12.2. The van der Waals surface area contributed by atoms with Gasteiger partial charge in [-0.15, -0.1) is 70.5 Å². The number of phenols is 2. The van der Waals surface area contributed by atoms with Crippen LogP contribution in [-0.2, 0) is 36.5 Å². The van der Waals surface area contributed by atoms with E-state index in [9.17, 15) is 10.2 Å². The Hall–Kier alpha value is -1.84. The number of ether oxygens (including phenoxy) is 2. The van der Waals surface area contributed by atoms with E-state index in [4.69, 9.17) is 32.7 Å². The molecule has 2 unspecified atom stereocenters. The number of rotatable bonds is 2. The van der Waals surface area contributed by atoms with E-state index >= 15 is 0 Å². The summed E-state index contributed by atoms with van der Waals surface area (Å²) in [6.45, 7) is 0. The normalized spacial score (nSPS) is 27.4. The minimum absolute atomic E-state index is 0.110. The average Bonchev–Trinajstić information content (AvgIpc) is 3.69. The van der Waals surface area contributed by atoms with Crippen LogP contribution >= 0.6 is 70.5 Å². The highest BCUT2D eigenvalue weighted by Gasteiger charge is 2.67. The lowest BCUT2D eigenvalue weighted by Gasteiger charge is -2.50. The Kier molecular flexibility index (Phi) is 10.1. The van der Waals surface area contributed by atoms with E-state index in [0.29, 0.717) is 35.2 Å². The summed E-state index contributed by atoms with van der Waals surface area (Å²) in [6, 6.07) is 24.8. The highest BCUT2D eigenvalue weighted by molar-refractivity contribution is 9.69. The highest BCUT2D eigenvalue weighted by atomic mass is 79.9. The van der Waals surface area contributed by atoms with Crippen LogP contribution in [0.1, 0.15) is 57.3 Å². The molecule has 10 heteroatoms. The zero-order valence-corrected chi connectivity index (χ0v) is 33.6. The van der Waals surface area contributed by atoms with Crippen LogP contribution in [0.3, 0.4) is 0 Å². The fourth-order valence-corrected chi connectivity index (χ4v) is 10.9. The molecule has 2 saturated carbocycles. The van der Waals surface area contributed by atoms with Crippen LogP contribution < -0.4 is 9.47 Å². The Labute approximate surface area is 323 Å². The van der Waals surface area contributed by atoms with Crippen LogP contribution in [-0.4, -0.2) is 33.0 Å². The molecule has 2 spiro atoms. The van der Waals surface area contributed by atoms with Gasteiger partial charge in [-0.1, -0.05) is 48.5 Å². The first-order valence-corrected chi connectivity index (χ1v) is 20.5. The molecule has 4 nitrogen and oxygen atoms in total. The molecule has 2 fully saturated rings. The van der Waals surface area contributed by atoms with Gasteiger partial charge in [0, 0.05) is 33.1 Å². The molecular formula is C39H38BBr3Cl2O4. The van der Waals surface area contributed by atoms with Crippen molar-refractivity contribution in [2.45, 2.75) is 49.4 Å². The van der Waals surface area contributed by atoms with Gasteiger partial charge in [0.2, 0.25) is 0 Å². The Morgan fingerprint density at radius 1 is 0.592 bits per heavy atom. The predicted octanol–water partition coefficient (Wildman–Crippen LogP) is 10.4. The predicted molar refractivity (Wildman–Crippen MR) is 211 cm³/mol. The lowest BCUT2D eigenvalue weighted by atomic mass is 9.52. The maximum atomic E-state index is 10.4. The van der Waals surface area contributed by atoms with Gasteiger partial charge in [-0.2, -0.15) is 0 Å². The summed E-state index contributed by atoms with van der Waals surface area (Å²) in [5.41, 5.74) is 10.6. The van der Waals surface area contributed by atoms with Gasteiger partial charge in [0.15, 0.2) is 0 Å². The number of fused-ring (bicyclic) bond motifs is 4. The van der Waals surface area contributed by atoms with Crippen molar-refractivity contribution < 1.29 is 19.7 Å². The molecule has 10 rings (SSSR count). The van der Waals surface area contributed by atoms with E-state index in [0.717, 1.165) is 35.5 Å². The molecule has 6 aliphatic rings. The zero-order valence-electron chi connectivity index (χ0n) is 27.4. The summed E-state index contributed by atoms with van der Waals surface area (Å²) in [6.07, 6.45) is 6.97. The molecule has 0 radical (unpaired) electrons. The molecule has 0 amide bonds. The van der Waals surface area contributed by atoms with Gasteiger partial charge >= 0.3 is 3.18 Å². The van der Waals surface area contributed by atoms with Gasteiger partial charge in [-0.05, 0) is 109 Å². The highest BCUT2D eigenvalue weighted by Crippen LogP contribution is 2.72. The van der Waals surface area contributed by atoms with Crippen molar-refractivity contribution in [1.29, 1.82) is 0 Å². The third kappa shape index (κ3) is 5.31. The van der Waals surface area contributed by atoms with Gasteiger partial charge in [-0.3, -0.25) is 0 Å². The number of aromatic hydroxyl groups is 2. The van der Waals surface area contributed by atoms with E-state index in [1.54, 1.807) is 26.4 Å². The summed E-state index contributed by atoms with van der Waals surface area (Å²) >= 11 is 18.8. The van der Waals surface area contributed by atoms with Crippen LogP contribution in [0.15, 0.2) is 72.8 Å². The second-order valence-corrected chi connectivity index (χ2v) is 21.0. The molecule has 49 heavy (non-hydrogen) atoms. The molecule has 0 saturated heterocycles. The van der Waals surface area contributed by atoms with Crippen molar-refractivity contribution in [3.8, 4) is 23.0 Å². The molecule has 6 atom stereocenters. The number of phenolic OH excluding ortho intramolecular Hbond substituents is 2. The van der Waals surface area contributed by atoms with E-state index in [1.165, 1.54) is 59.1 Å². The minimum Gasteiger partial charge on any atom is -0.508 e. The van der Waals surface area contributed by atoms with E-state index in [-0.39, 0.29) is 19.4 Å².